The fraction of sp³-hybridized carbons (Fsp3) is 0. The highest BCUT2D eigenvalue weighted by Crippen LogP contribution is 2.48. The summed E-state index contributed by atoms with van der Waals surface area (Å²) in [6.45, 7) is 0. The fourth-order valence-corrected chi connectivity index (χ4v) is 2.25. The third-order valence-corrected chi connectivity index (χ3v) is 4.03. The summed E-state index contributed by atoms with van der Waals surface area (Å²) in [6, 6.07) is 0. The van der Waals surface area contributed by atoms with E-state index in [0.29, 0.717) is 0 Å². The topological polar surface area (TPSA) is 74.6 Å². The highest BCUT2D eigenvalue weighted by Gasteiger charge is 2.37. The molecule has 0 radical (unpaired) electrons. The van der Waals surface area contributed by atoms with E-state index in [1.54, 1.807) is 0 Å². The summed E-state index contributed by atoms with van der Waals surface area (Å²) < 4.78 is 0. The second kappa shape index (κ2) is 4.31. The second-order valence-corrected chi connectivity index (χ2v) is 4.87. The van der Waals surface area contributed by atoms with Crippen LogP contribution in [0.15, 0.2) is 10.1 Å². The van der Waals surface area contributed by atoms with Crippen LogP contribution in [-0.4, -0.2) is 21.8 Å². The number of aromatic hydroxyl groups is 2. The van der Waals surface area contributed by atoms with Gasteiger partial charge < -0.3 is 10.2 Å². The van der Waals surface area contributed by atoms with Crippen LogP contribution in [-0.2, 0) is 0 Å². The van der Waals surface area contributed by atoms with Crippen LogP contribution >= 0.6 is 46.4 Å². The Morgan fingerprint density at radius 2 is 0.944 bits per heavy atom. The van der Waals surface area contributed by atoms with Crippen molar-refractivity contribution < 1.29 is 19.8 Å². The standard InChI is InChI=1S/C10H2Cl4O4/c11-3-5(13)9(17)2-1(7(3)15)8(16)4(12)6(14)10(2)18/h15,17H. The van der Waals surface area contributed by atoms with Crippen LogP contribution in [0.5, 0.6) is 11.5 Å². The van der Waals surface area contributed by atoms with Crippen LogP contribution in [0, 0.1) is 0 Å². The molecule has 0 aromatic heterocycles. The van der Waals surface area contributed by atoms with Crippen LogP contribution in [0.4, 0.5) is 0 Å². The van der Waals surface area contributed by atoms with E-state index in [4.69, 9.17) is 46.4 Å². The van der Waals surface area contributed by atoms with Gasteiger partial charge in [-0.15, -0.1) is 0 Å². The van der Waals surface area contributed by atoms with Gasteiger partial charge >= 0.3 is 0 Å². The van der Waals surface area contributed by atoms with Crippen molar-refractivity contribution in [1.82, 2.24) is 0 Å². The van der Waals surface area contributed by atoms with Crippen LogP contribution in [0.1, 0.15) is 20.7 Å². The van der Waals surface area contributed by atoms with Crippen molar-refractivity contribution in [3.8, 4) is 11.5 Å². The van der Waals surface area contributed by atoms with Gasteiger partial charge in [0.1, 0.15) is 31.6 Å². The SMILES string of the molecule is O=C1C(Cl)=C(Cl)C(=O)c2c(O)c(Cl)c(Cl)c(O)c21. The van der Waals surface area contributed by atoms with Crippen molar-refractivity contribution in [3.63, 3.8) is 0 Å². The van der Waals surface area contributed by atoms with Crippen molar-refractivity contribution in [2.75, 3.05) is 0 Å². The molecule has 2 rings (SSSR count). The first-order valence-electron chi connectivity index (χ1n) is 4.36. The van der Waals surface area contributed by atoms with E-state index < -0.39 is 54.3 Å². The van der Waals surface area contributed by atoms with E-state index in [1.165, 1.54) is 0 Å². The smallest absolute Gasteiger partial charge is 0.210 e. The lowest BCUT2D eigenvalue weighted by Crippen LogP contribution is -2.18. The van der Waals surface area contributed by atoms with Crippen molar-refractivity contribution in [2.45, 2.75) is 0 Å². The number of ketones is 2. The Morgan fingerprint density at radius 3 is 1.22 bits per heavy atom. The van der Waals surface area contributed by atoms with Crippen LogP contribution in [0.2, 0.25) is 10.0 Å². The van der Waals surface area contributed by atoms with E-state index in [1.807, 2.05) is 0 Å². The van der Waals surface area contributed by atoms with Gasteiger partial charge in [-0.05, 0) is 0 Å². The molecule has 1 aliphatic carbocycles. The number of fused-ring (bicyclic) bond motifs is 1. The summed E-state index contributed by atoms with van der Waals surface area (Å²) in [5.74, 6) is -3.28. The zero-order valence-corrected chi connectivity index (χ0v) is 11.2. The number of carbonyl (C=O) groups is 2. The minimum absolute atomic E-state index is 0.448. The summed E-state index contributed by atoms with van der Waals surface area (Å²) in [7, 11) is 0. The Labute approximate surface area is 120 Å². The van der Waals surface area contributed by atoms with Gasteiger partial charge in [-0.25, -0.2) is 0 Å². The molecule has 0 fully saturated rings. The molecule has 0 saturated heterocycles. The van der Waals surface area contributed by atoms with Crippen molar-refractivity contribution in [2.24, 2.45) is 0 Å². The number of phenols is 2. The van der Waals surface area contributed by atoms with Gasteiger partial charge in [-0.3, -0.25) is 9.59 Å². The molecule has 8 heteroatoms. The molecule has 18 heavy (non-hydrogen) atoms. The van der Waals surface area contributed by atoms with E-state index in [0.717, 1.165) is 0 Å². The average molecular weight is 328 g/mol. The number of hydrogen-bond donors (Lipinski definition) is 2. The molecule has 4 nitrogen and oxygen atoms in total. The second-order valence-electron chi connectivity index (χ2n) is 3.36. The fourth-order valence-electron chi connectivity index (χ4n) is 1.53. The molecule has 0 saturated carbocycles. The number of halogens is 4. The van der Waals surface area contributed by atoms with Crippen molar-refractivity contribution in [1.29, 1.82) is 0 Å². The Bertz CT molecular complexity index is 593. The van der Waals surface area contributed by atoms with Gasteiger partial charge in [-0.1, -0.05) is 46.4 Å². The van der Waals surface area contributed by atoms with Gasteiger partial charge in [0, 0.05) is 0 Å². The number of hydrogen-bond acceptors (Lipinski definition) is 4. The largest absolute Gasteiger partial charge is 0.506 e. The maximum absolute atomic E-state index is 11.8. The van der Waals surface area contributed by atoms with Crippen LogP contribution in [0.25, 0.3) is 0 Å². The molecule has 0 aliphatic heterocycles. The lowest BCUT2D eigenvalue weighted by Gasteiger charge is -2.18. The number of rotatable bonds is 0. The Hall–Kier alpha value is -0.940. The third kappa shape index (κ3) is 1.61. The van der Waals surface area contributed by atoms with E-state index in [-0.39, 0.29) is 0 Å². The molecule has 0 heterocycles. The molecule has 1 aliphatic rings. The molecule has 0 spiro atoms. The molecular weight excluding hydrogens is 326 g/mol. The van der Waals surface area contributed by atoms with Gasteiger partial charge in [0.2, 0.25) is 11.6 Å². The van der Waals surface area contributed by atoms with Crippen LogP contribution < -0.4 is 0 Å². The van der Waals surface area contributed by atoms with Gasteiger partial charge in [0.15, 0.2) is 0 Å². The Balaban J connectivity index is 2.96. The predicted molar refractivity (Wildman–Crippen MR) is 67.2 cm³/mol. The Kier molecular flexibility index (Phi) is 3.23. The minimum Gasteiger partial charge on any atom is -0.506 e. The zero-order valence-electron chi connectivity index (χ0n) is 8.22. The van der Waals surface area contributed by atoms with Gasteiger partial charge in [-0.2, -0.15) is 0 Å². The number of allylic oxidation sites excluding steroid dienone is 2. The Morgan fingerprint density at radius 1 is 0.667 bits per heavy atom. The highest BCUT2D eigenvalue weighted by atomic mass is 35.5. The molecule has 2 N–H and O–H groups in total. The number of Topliss-reactive ketones (excluding diaryl/α,β-unsaturated/α-hetero) is 2. The van der Waals surface area contributed by atoms with E-state index in [9.17, 15) is 19.8 Å². The molecule has 0 bridgehead atoms. The lowest BCUT2D eigenvalue weighted by atomic mass is 9.92. The first kappa shape index (κ1) is 13.5. The number of carbonyl (C=O) groups excluding carboxylic acids is 2. The molecule has 0 unspecified atom stereocenters. The monoisotopic (exact) mass is 326 g/mol. The van der Waals surface area contributed by atoms with E-state index in [2.05, 4.69) is 0 Å². The molecule has 94 valence electrons. The predicted octanol–water partition coefficient (Wildman–Crippen LogP) is 3.47. The number of benzene rings is 1. The summed E-state index contributed by atoms with van der Waals surface area (Å²) in [5.41, 5.74) is -1.03. The summed E-state index contributed by atoms with van der Waals surface area (Å²) in [5, 5.41) is 17.4. The summed E-state index contributed by atoms with van der Waals surface area (Å²) >= 11 is 22.4. The zero-order chi connectivity index (χ0) is 13.8. The highest BCUT2D eigenvalue weighted by molar-refractivity contribution is 6.60. The quantitative estimate of drug-likeness (QED) is 0.715. The minimum atomic E-state index is -0.914. The molecule has 0 amide bonds. The first-order chi connectivity index (χ1) is 8.29. The summed E-state index contributed by atoms with van der Waals surface area (Å²) in [4.78, 5) is 23.6. The van der Waals surface area contributed by atoms with Gasteiger partial charge in [0.25, 0.3) is 0 Å². The average Bonchev–Trinajstić information content (AvgIpc) is 2.35. The van der Waals surface area contributed by atoms with E-state index >= 15 is 0 Å². The number of phenolic OH excluding ortho intramolecular Hbond substituents is 2. The van der Waals surface area contributed by atoms with Gasteiger partial charge in [0.05, 0.1) is 11.1 Å². The maximum atomic E-state index is 11.8. The lowest BCUT2D eigenvalue weighted by molar-refractivity contribution is 0.0982. The molecular formula is C10H2Cl4O4. The third-order valence-electron chi connectivity index (χ3n) is 2.38. The normalized spacial score (nSPS) is 15.1. The van der Waals surface area contributed by atoms with Crippen molar-refractivity contribution in [3.05, 3.63) is 31.2 Å². The van der Waals surface area contributed by atoms with Crippen LogP contribution in [0.3, 0.4) is 0 Å². The van der Waals surface area contributed by atoms with Crippen molar-refractivity contribution >= 4 is 58.0 Å². The first-order valence-corrected chi connectivity index (χ1v) is 5.87. The maximum Gasteiger partial charge on any atom is 0.210 e. The molecule has 1 aromatic carbocycles. The molecule has 0 atom stereocenters. The molecule has 1 aromatic rings. The summed E-state index contributed by atoms with van der Waals surface area (Å²) in [6.07, 6.45) is 0.